The van der Waals surface area contributed by atoms with Crippen LogP contribution in [0, 0.1) is 29.6 Å². The Bertz CT molecular complexity index is 1190. The van der Waals surface area contributed by atoms with Crippen molar-refractivity contribution in [2.75, 3.05) is 14.2 Å². The molecule has 0 radical (unpaired) electrons. The first-order chi connectivity index (χ1) is 17.6. The Morgan fingerprint density at radius 3 is 2.46 bits per heavy atom. The smallest absolute Gasteiger partial charge is 0.350 e. The molecule has 202 valence electrons. The number of hydrogen-bond donors (Lipinski definition) is 1. The Morgan fingerprint density at radius 1 is 1.08 bits per heavy atom. The molecule has 3 aliphatic rings. The van der Waals surface area contributed by atoms with Gasteiger partial charge in [0.2, 0.25) is 6.29 Å². The van der Waals surface area contributed by atoms with Gasteiger partial charge in [-0.15, -0.1) is 0 Å². The second kappa shape index (κ2) is 10.1. The fraction of sp³-hybridized carbons (Fsp3) is 0.621. The van der Waals surface area contributed by atoms with Gasteiger partial charge < -0.3 is 18.5 Å². The van der Waals surface area contributed by atoms with Gasteiger partial charge in [0.1, 0.15) is 5.28 Å². The van der Waals surface area contributed by atoms with Crippen molar-refractivity contribution in [2.45, 2.75) is 70.7 Å². The number of benzene rings is 2. The molecule has 0 bridgehead atoms. The Hall–Kier alpha value is -1.76. The van der Waals surface area contributed by atoms with E-state index in [4.69, 9.17) is 18.5 Å². The molecule has 1 aliphatic carbocycles. The maximum atomic E-state index is 14.0. The summed E-state index contributed by atoms with van der Waals surface area (Å²) in [5.74, 6) is -0.112. The van der Waals surface area contributed by atoms with E-state index in [0.29, 0.717) is 17.8 Å². The van der Waals surface area contributed by atoms with Crippen molar-refractivity contribution in [3.8, 4) is 0 Å². The molecule has 2 saturated heterocycles. The maximum Gasteiger partial charge on any atom is 0.350 e. The molecule has 7 nitrogen and oxygen atoms in total. The number of ether oxygens (including phenoxy) is 2. The van der Waals surface area contributed by atoms with Crippen molar-refractivity contribution in [3.05, 3.63) is 48.0 Å². The van der Waals surface area contributed by atoms with Gasteiger partial charge in [0.05, 0.1) is 17.9 Å². The van der Waals surface area contributed by atoms with Crippen molar-refractivity contribution in [1.82, 2.24) is 5.32 Å². The average molecular weight is 530 g/mol. The third-order valence-corrected chi connectivity index (χ3v) is 11.6. The zero-order valence-corrected chi connectivity index (χ0v) is 23.6. The highest BCUT2D eigenvalue weighted by molar-refractivity contribution is 7.55. The molecule has 1 N–H and O–H groups in total. The van der Waals surface area contributed by atoms with Gasteiger partial charge in [-0.25, -0.2) is 0 Å². The second-order valence-corrected chi connectivity index (χ2v) is 14.3. The van der Waals surface area contributed by atoms with Crippen LogP contribution in [-0.4, -0.2) is 37.9 Å². The number of esters is 1. The van der Waals surface area contributed by atoms with Crippen LogP contribution in [0.3, 0.4) is 0 Å². The molecular formula is C29H40NO6P. The molecule has 8 atom stereocenters. The predicted octanol–water partition coefficient (Wildman–Crippen LogP) is 6.28. The van der Waals surface area contributed by atoms with Crippen molar-refractivity contribution in [2.24, 2.45) is 29.6 Å². The first-order valence-electron chi connectivity index (χ1n) is 13.5. The molecule has 37 heavy (non-hydrogen) atoms. The molecule has 8 heteroatoms. The Balaban J connectivity index is 1.55. The lowest BCUT2D eigenvalue weighted by Crippen LogP contribution is -2.49. The number of carbonyl (C=O) groups excluding carboxylic acids is 1. The van der Waals surface area contributed by atoms with Gasteiger partial charge in [0.25, 0.3) is 0 Å². The topological polar surface area (TPSA) is 83.1 Å². The van der Waals surface area contributed by atoms with Crippen LogP contribution in [0.4, 0.5) is 0 Å². The third-order valence-electron chi connectivity index (χ3n) is 9.09. The third kappa shape index (κ3) is 4.47. The summed E-state index contributed by atoms with van der Waals surface area (Å²) in [6.45, 7) is 8.52. The number of hydrogen-bond acceptors (Lipinski definition) is 7. The number of fused-ring (bicyclic) bond motifs is 2. The van der Waals surface area contributed by atoms with Crippen LogP contribution in [0.15, 0.2) is 42.5 Å². The van der Waals surface area contributed by atoms with E-state index in [2.05, 4.69) is 44.3 Å². The van der Waals surface area contributed by atoms with E-state index in [1.807, 2.05) is 31.2 Å². The Morgan fingerprint density at radius 2 is 1.78 bits per heavy atom. The SMILES string of the molecule is COP(=O)(OC)[C@]1(C)N[C@H](c2ccc3ccccc3c2)[C@@H]2C(=O)O[C@@H](O[C@@H]3C[C@H](C)CC[C@H]3C(C)C)[C@@H]21. The molecule has 2 heterocycles. The Kier molecular flexibility index (Phi) is 7.32. The summed E-state index contributed by atoms with van der Waals surface area (Å²) in [6, 6.07) is 13.8. The van der Waals surface area contributed by atoms with E-state index in [9.17, 15) is 9.36 Å². The van der Waals surface area contributed by atoms with Crippen molar-refractivity contribution in [1.29, 1.82) is 0 Å². The van der Waals surface area contributed by atoms with E-state index in [-0.39, 0.29) is 12.1 Å². The first-order valence-corrected chi connectivity index (χ1v) is 15.0. The molecule has 0 amide bonds. The predicted molar refractivity (Wildman–Crippen MR) is 143 cm³/mol. The van der Waals surface area contributed by atoms with Crippen LogP contribution < -0.4 is 5.32 Å². The molecule has 2 aromatic carbocycles. The lowest BCUT2D eigenvalue weighted by atomic mass is 9.75. The van der Waals surface area contributed by atoms with Gasteiger partial charge in [-0.3, -0.25) is 14.7 Å². The minimum Gasteiger partial charge on any atom is -0.435 e. The average Bonchev–Trinajstić information content (AvgIpc) is 3.39. The van der Waals surface area contributed by atoms with E-state index in [1.165, 1.54) is 20.6 Å². The number of carbonyl (C=O) groups is 1. The fourth-order valence-electron chi connectivity index (χ4n) is 7.00. The number of nitrogens with one attached hydrogen (secondary N) is 1. The van der Waals surface area contributed by atoms with Crippen molar-refractivity contribution in [3.63, 3.8) is 0 Å². The molecule has 1 saturated carbocycles. The van der Waals surface area contributed by atoms with E-state index in [0.717, 1.165) is 29.2 Å². The normalized spacial score (nSPS) is 36.2. The zero-order chi connectivity index (χ0) is 26.5. The summed E-state index contributed by atoms with van der Waals surface area (Å²) in [7, 11) is -0.924. The van der Waals surface area contributed by atoms with Crippen molar-refractivity contribution < 1.29 is 27.9 Å². The highest BCUT2D eigenvalue weighted by Gasteiger charge is 2.70. The summed E-state index contributed by atoms with van der Waals surface area (Å²) in [6.07, 6.45) is 2.30. The summed E-state index contributed by atoms with van der Waals surface area (Å²) < 4.78 is 37.8. The quantitative estimate of drug-likeness (QED) is 0.334. The van der Waals surface area contributed by atoms with Crippen LogP contribution in [0.2, 0.25) is 0 Å². The molecule has 0 unspecified atom stereocenters. The van der Waals surface area contributed by atoms with Crippen LogP contribution in [0.25, 0.3) is 10.8 Å². The second-order valence-electron chi connectivity index (χ2n) is 11.6. The van der Waals surface area contributed by atoms with Crippen LogP contribution in [0.5, 0.6) is 0 Å². The molecular weight excluding hydrogens is 489 g/mol. The van der Waals surface area contributed by atoms with E-state index < -0.39 is 37.0 Å². The van der Waals surface area contributed by atoms with E-state index in [1.54, 1.807) is 0 Å². The summed E-state index contributed by atoms with van der Waals surface area (Å²) in [5, 5.41) is 4.53. The molecule has 2 aromatic rings. The van der Waals surface area contributed by atoms with Gasteiger partial charge in [0, 0.05) is 20.3 Å². The lowest BCUT2D eigenvalue weighted by Gasteiger charge is -2.41. The van der Waals surface area contributed by atoms with E-state index >= 15 is 0 Å². The molecule has 2 aliphatic heterocycles. The van der Waals surface area contributed by atoms with Crippen LogP contribution in [0.1, 0.15) is 58.6 Å². The summed E-state index contributed by atoms with van der Waals surface area (Å²) >= 11 is 0. The van der Waals surface area contributed by atoms with Crippen LogP contribution >= 0.6 is 7.60 Å². The Labute approximate surface area is 220 Å². The monoisotopic (exact) mass is 529 g/mol. The standard InChI is InChI=1S/C29H40NO6P/c1-17(2)22-14-11-18(3)15-23(22)35-28-25-24(27(31)36-28)26(30-29(25,4)37(32,33-5)34-6)21-13-12-19-9-7-8-10-20(19)16-21/h7-10,12-13,16-18,22-26,28,30H,11,14-15H2,1-6H3/t18-,22+,23-,24-,25-,26-,28-,29+/m1/s1. The van der Waals surface area contributed by atoms with Gasteiger partial charge in [0.15, 0.2) is 0 Å². The van der Waals surface area contributed by atoms with Gasteiger partial charge >= 0.3 is 13.6 Å². The summed E-state index contributed by atoms with van der Waals surface area (Å²) in [4.78, 5) is 13.5. The van der Waals surface area contributed by atoms with Gasteiger partial charge in [-0.2, -0.15) is 0 Å². The zero-order valence-electron chi connectivity index (χ0n) is 22.7. The molecule has 0 spiro atoms. The minimum atomic E-state index is -3.70. The highest BCUT2D eigenvalue weighted by Crippen LogP contribution is 2.68. The van der Waals surface area contributed by atoms with Crippen molar-refractivity contribution >= 4 is 24.3 Å². The largest absolute Gasteiger partial charge is 0.435 e. The fourth-order valence-corrected chi connectivity index (χ4v) is 8.86. The maximum absolute atomic E-state index is 14.0. The number of cyclic esters (lactones) is 1. The highest BCUT2D eigenvalue weighted by atomic mass is 31.2. The molecule has 5 rings (SSSR count). The van der Waals surface area contributed by atoms with Crippen LogP contribution in [-0.2, 0) is 27.9 Å². The molecule has 0 aromatic heterocycles. The first kappa shape index (κ1) is 26.8. The summed E-state index contributed by atoms with van der Waals surface area (Å²) in [5.41, 5.74) is 0.931. The lowest BCUT2D eigenvalue weighted by molar-refractivity contribution is -0.199. The minimum absolute atomic E-state index is 0.0336. The number of rotatable bonds is 7. The van der Waals surface area contributed by atoms with Gasteiger partial charge in [-0.05, 0) is 59.9 Å². The van der Waals surface area contributed by atoms with Gasteiger partial charge in [-0.1, -0.05) is 63.6 Å². The molecule has 3 fully saturated rings.